The lowest BCUT2D eigenvalue weighted by Gasteiger charge is -2.08. The molecule has 5 heteroatoms. The highest BCUT2D eigenvalue weighted by Crippen LogP contribution is 2.17. The van der Waals surface area contributed by atoms with Crippen LogP contribution in [0.1, 0.15) is 0 Å². The first-order valence-electron chi connectivity index (χ1n) is 5.37. The Morgan fingerprint density at radius 2 is 1.72 bits per heavy atom. The first kappa shape index (κ1) is 13.4. The predicted octanol–water partition coefficient (Wildman–Crippen LogP) is 4.06. The molecule has 2 rings (SSSR count). The van der Waals surface area contributed by atoms with Gasteiger partial charge in [0.25, 0.3) is 0 Å². The summed E-state index contributed by atoms with van der Waals surface area (Å²) in [5.41, 5.74) is 0. The van der Waals surface area contributed by atoms with E-state index >= 15 is 0 Å². The average molecular weight is 373 g/mol. The van der Waals surface area contributed by atoms with E-state index < -0.39 is 0 Å². The SMILES string of the molecule is Brc1cccc(OCCOc2ccc(Br)nc2)c1. The summed E-state index contributed by atoms with van der Waals surface area (Å²) in [6.07, 6.45) is 1.67. The minimum absolute atomic E-state index is 0.482. The van der Waals surface area contributed by atoms with Gasteiger partial charge in [-0.3, -0.25) is 0 Å². The molecule has 0 aliphatic heterocycles. The lowest BCUT2D eigenvalue weighted by Crippen LogP contribution is -2.09. The van der Waals surface area contributed by atoms with Crippen LogP contribution in [0.2, 0.25) is 0 Å². The van der Waals surface area contributed by atoms with Gasteiger partial charge in [0.2, 0.25) is 0 Å². The van der Waals surface area contributed by atoms with Crippen LogP contribution in [0.25, 0.3) is 0 Å². The van der Waals surface area contributed by atoms with Crippen molar-refractivity contribution >= 4 is 31.9 Å². The van der Waals surface area contributed by atoms with Gasteiger partial charge >= 0.3 is 0 Å². The van der Waals surface area contributed by atoms with E-state index in [1.54, 1.807) is 6.20 Å². The lowest BCUT2D eigenvalue weighted by atomic mass is 10.3. The maximum absolute atomic E-state index is 5.55. The van der Waals surface area contributed by atoms with Gasteiger partial charge in [-0.15, -0.1) is 0 Å². The second-order valence-corrected chi connectivity index (χ2v) is 5.20. The Bertz CT molecular complexity index is 503. The molecule has 0 radical (unpaired) electrons. The van der Waals surface area contributed by atoms with Crippen LogP contribution in [0.4, 0.5) is 0 Å². The molecule has 0 spiro atoms. The van der Waals surface area contributed by atoms with Crippen molar-refractivity contribution in [2.75, 3.05) is 13.2 Å². The summed E-state index contributed by atoms with van der Waals surface area (Å²) in [4.78, 5) is 4.07. The van der Waals surface area contributed by atoms with E-state index in [4.69, 9.17) is 9.47 Å². The molecule has 94 valence electrons. The van der Waals surface area contributed by atoms with Crippen LogP contribution < -0.4 is 9.47 Å². The van der Waals surface area contributed by atoms with E-state index in [2.05, 4.69) is 36.8 Å². The van der Waals surface area contributed by atoms with Crippen molar-refractivity contribution in [3.8, 4) is 11.5 Å². The van der Waals surface area contributed by atoms with Crippen LogP contribution in [-0.2, 0) is 0 Å². The Balaban J connectivity index is 1.74. The minimum atomic E-state index is 0.482. The Labute approximate surface area is 122 Å². The van der Waals surface area contributed by atoms with Gasteiger partial charge in [0.15, 0.2) is 0 Å². The average Bonchev–Trinajstić information content (AvgIpc) is 2.37. The molecule has 0 N–H and O–H groups in total. The van der Waals surface area contributed by atoms with Gasteiger partial charge in [0.1, 0.15) is 29.3 Å². The summed E-state index contributed by atoms with van der Waals surface area (Å²) in [6.45, 7) is 0.975. The standard InChI is InChI=1S/C13H11Br2NO2/c14-10-2-1-3-11(8-10)17-6-7-18-12-4-5-13(15)16-9-12/h1-5,8-9H,6-7H2. The monoisotopic (exact) mass is 371 g/mol. The predicted molar refractivity (Wildman–Crippen MR) is 77.1 cm³/mol. The largest absolute Gasteiger partial charge is 0.490 e. The van der Waals surface area contributed by atoms with Crippen molar-refractivity contribution in [2.24, 2.45) is 0 Å². The van der Waals surface area contributed by atoms with Crippen LogP contribution in [0, 0.1) is 0 Å². The number of aromatic nitrogens is 1. The summed E-state index contributed by atoms with van der Waals surface area (Å²) < 4.78 is 12.8. The fourth-order valence-electron chi connectivity index (χ4n) is 1.32. The van der Waals surface area contributed by atoms with Gasteiger partial charge in [-0.25, -0.2) is 4.98 Å². The van der Waals surface area contributed by atoms with E-state index in [1.165, 1.54) is 0 Å². The number of benzene rings is 1. The van der Waals surface area contributed by atoms with Crippen molar-refractivity contribution in [1.82, 2.24) is 4.98 Å². The zero-order valence-electron chi connectivity index (χ0n) is 9.48. The second-order valence-electron chi connectivity index (χ2n) is 3.47. The molecule has 0 unspecified atom stereocenters. The molecular weight excluding hydrogens is 362 g/mol. The highest BCUT2D eigenvalue weighted by atomic mass is 79.9. The third kappa shape index (κ3) is 4.31. The topological polar surface area (TPSA) is 31.4 Å². The number of pyridine rings is 1. The Hall–Kier alpha value is -1.07. The summed E-state index contributed by atoms with van der Waals surface area (Å²) in [6, 6.07) is 11.4. The summed E-state index contributed by atoms with van der Waals surface area (Å²) in [5.74, 6) is 1.55. The van der Waals surface area contributed by atoms with Crippen molar-refractivity contribution < 1.29 is 9.47 Å². The molecule has 0 atom stereocenters. The van der Waals surface area contributed by atoms with E-state index in [1.807, 2.05) is 36.4 Å². The van der Waals surface area contributed by atoms with E-state index in [0.29, 0.717) is 13.2 Å². The highest BCUT2D eigenvalue weighted by molar-refractivity contribution is 9.10. The van der Waals surface area contributed by atoms with Crippen LogP contribution in [0.5, 0.6) is 11.5 Å². The number of rotatable bonds is 5. The van der Waals surface area contributed by atoms with Crippen LogP contribution in [-0.4, -0.2) is 18.2 Å². The second kappa shape index (κ2) is 6.75. The van der Waals surface area contributed by atoms with Crippen LogP contribution in [0.3, 0.4) is 0 Å². The number of halogens is 2. The van der Waals surface area contributed by atoms with Crippen molar-refractivity contribution in [1.29, 1.82) is 0 Å². The summed E-state index contributed by atoms with van der Waals surface area (Å²) in [7, 11) is 0. The van der Waals surface area contributed by atoms with E-state index in [-0.39, 0.29) is 0 Å². The number of hydrogen-bond acceptors (Lipinski definition) is 3. The van der Waals surface area contributed by atoms with Crippen LogP contribution in [0.15, 0.2) is 51.7 Å². The Morgan fingerprint density at radius 3 is 2.39 bits per heavy atom. The smallest absolute Gasteiger partial charge is 0.137 e. The zero-order valence-corrected chi connectivity index (χ0v) is 12.6. The molecular formula is C13H11Br2NO2. The highest BCUT2D eigenvalue weighted by Gasteiger charge is 1.97. The molecule has 3 nitrogen and oxygen atoms in total. The first-order valence-corrected chi connectivity index (χ1v) is 6.95. The normalized spacial score (nSPS) is 10.1. The van der Waals surface area contributed by atoms with E-state index in [0.717, 1.165) is 20.6 Å². The molecule has 1 aromatic carbocycles. The zero-order chi connectivity index (χ0) is 12.8. The quantitative estimate of drug-likeness (QED) is 0.585. The van der Waals surface area contributed by atoms with Gasteiger partial charge in [0.05, 0.1) is 6.20 Å². The number of ether oxygens (including phenoxy) is 2. The fraction of sp³-hybridized carbons (Fsp3) is 0.154. The third-order valence-corrected chi connectivity index (χ3v) is 3.08. The van der Waals surface area contributed by atoms with Crippen molar-refractivity contribution in [2.45, 2.75) is 0 Å². The molecule has 0 saturated heterocycles. The van der Waals surface area contributed by atoms with Crippen molar-refractivity contribution in [3.05, 3.63) is 51.7 Å². The lowest BCUT2D eigenvalue weighted by molar-refractivity contribution is 0.216. The van der Waals surface area contributed by atoms with Gasteiger partial charge in [-0.05, 0) is 46.3 Å². The van der Waals surface area contributed by atoms with Gasteiger partial charge in [-0.2, -0.15) is 0 Å². The first-order chi connectivity index (χ1) is 8.74. The molecule has 1 aromatic heterocycles. The number of hydrogen-bond donors (Lipinski definition) is 0. The maximum atomic E-state index is 5.55. The summed E-state index contributed by atoms with van der Waals surface area (Å²) in [5, 5.41) is 0. The maximum Gasteiger partial charge on any atom is 0.137 e. The molecule has 18 heavy (non-hydrogen) atoms. The Morgan fingerprint density at radius 1 is 0.944 bits per heavy atom. The molecule has 0 bridgehead atoms. The molecule has 0 aliphatic rings. The van der Waals surface area contributed by atoms with Crippen LogP contribution >= 0.6 is 31.9 Å². The molecule has 2 aromatic rings. The molecule has 0 amide bonds. The molecule has 1 heterocycles. The van der Waals surface area contributed by atoms with E-state index in [9.17, 15) is 0 Å². The van der Waals surface area contributed by atoms with Gasteiger partial charge in [-0.1, -0.05) is 22.0 Å². The summed E-state index contributed by atoms with van der Waals surface area (Å²) >= 11 is 6.66. The third-order valence-electron chi connectivity index (χ3n) is 2.12. The Kier molecular flexibility index (Phi) is 5.01. The molecule has 0 fully saturated rings. The van der Waals surface area contributed by atoms with Gasteiger partial charge < -0.3 is 9.47 Å². The molecule has 0 saturated carbocycles. The number of nitrogens with zero attached hydrogens (tertiary/aromatic N) is 1. The fourth-order valence-corrected chi connectivity index (χ4v) is 1.94. The van der Waals surface area contributed by atoms with Gasteiger partial charge in [0, 0.05) is 4.47 Å². The minimum Gasteiger partial charge on any atom is -0.490 e. The molecule has 0 aliphatic carbocycles. The van der Waals surface area contributed by atoms with Crippen molar-refractivity contribution in [3.63, 3.8) is 0 Å².